The molecule has 0 N–H and O–H groups in total. The van der Waals surface area contributed by atoms with Gasteiger partial charge < -0.3 is 9.47 Å². The second kappa shape index (κ2) is 3.05. The average Bonchev–Trinajstić information content (AvgIpc) is 2.29. The molecule has 2 aliphatic heterocycles. The number of hydrogen-bond acceptors (Lipinski definition) is 4. The number of ether oxygens (including phenoxy) is 2. The fourth-order valence-corrected chi connectivity index (χ4v) is 3.42. The molecule has 0 aromatic heterocycles. The van der Waals surface area contributed by atoms with E-state index in [1.54, 1.807) is 13.8 Å². The molecular weight excluding hydrogens is 232 g/mol. The van der Waals surface area contributed by atoms with Crippen molar-refractivity contribution in [3.8, 4) is 0 Å². The molecule has 0 saturated heterocycles. The molecule has 0 spiro atoms. The van der Waals surface area contributed by atoms with Gasteiger partial charge in [-0.15, -0.1) is 0 Å². The zero-order valence-corrected chi connectivity index (χ0v) is 10.9. The van der Waals surface area contributed by atoms with E-state index in [4.69, 9.17) is 9.47 Å². The van der Waals surface area contributed by atoms with E-state index >= 15 is 0 Å². The summed E-state index contributed by atoms with van der Waals surface area (Å²) in [7, 11) is 0. The Morgan fingerprint density at radius 1 is 0.889 bits per heavy atom. The van der Waals surface area contributed by atoms with Gasteiger partial charge in [0, 0.05) is 22.0 Å². The van der Waals surface area contributed by atoms with Crippen LogP contribution in [0.2, 0.25) is 0 Å². The van der Waals surface area contributed by atoms with Crippen molar-refractivity contribution in [2.75, 3.05) is 0 Å². The van der Waals surface area contributed by atoms with Crippen LogP contribution >= 0.6 is 0 Å². The van der Waals surface area contributed by atoms with Crippen molar-refractivity contribution in [1.29, 1.82) is 0 Å². The number of esters is 2. The van der Waals surface area contributed by atoms with E-state index in [0.29, 0.717) is 11.1 Å². The first-order chi connectivity index (χ1) is 8.29. The molecule has 0 amide bonds. The van der Waals surface area contributed by atoms with Crippen molar-refractivity contribution in [2.45, 2.75) is 39.9 Å². The van der Waals surface area contributed by atoms with Gasteiger partial charge in [-0.1, -0.05) is 26.0 Å². The third-order valence-electron chi connectivity index (χ3n) is 4.76. The second-order valence-electron chi connectivity index (χ2n) is 5.87. The number of carbonyl (C=O) groups excluding carboxylic acids is 2. The Morgan fingerprint density at radius 2 is 1.22 bits per heavy atom. The van der Waals surface area contributed by atoms with Crippen molar-refractivity contribution in [3.63, 3.8) is 0 Å². The van der Waals surface area contributed by atoms with E-state index in [2.05, 4.69) is 0 Å². The minimum atomic E-state index is -0.369. The zero-order chi connectivity index (χ0) is 13.3. The van der Waals surface area contributed by atoms with Crippen molar-refractivity contribution in [3.05, 3.63) is 23.3 Å². The maximum atomic E-state index is 11.6. The van der Waals surface area contributed by atoms with Gasteiger partial charge in [0.1, 0.15) is 12.2 Å². The number of carbonyl (C=O) groups is 2. The first-order valence-electron chi connectivity index (χ1n) is 6.10. The lowest BCUT2D eigenvalue weighted by atomic mass is 9.45. The topological polar surface area (TPSA) is 52.6 Å². The lowest BCUT2D eigenvalue weighted by molar-refractivity contribution is -0.254. The molecular formula is C14H16O4. The molecule has 2 heterocycles. The summed E-state index contributed by atoms with van der Waals surface area (Å²) in [5.41, 5.74) is 0.655. The maximum absolute atomic E-state index is 11.6. The fourth-order valence-electron chi connectivity index (χ4n) is 3.42. The molecule has 18 heavy (non-hydrogen) atoms. The molecule has 3 aliphatic rings. The van der Waals surface area contributed by atoms with E-state index in [0.717, 1.165) is 0 Å². The highest BCUT2D eigenvalue weighted by Crippen LogP contribution is 2.64. The van der Waals surface area contributed by atoms with Gasteiger partial charge in [-0.3, -0.25) is 0 Å². The predicted octanol–water partition coefficient (Wildman–Crippen LogP) is 1.76. The highest BCUT2D eigenvalue weighted by Gasteiger charge is 2.71. The predicted molar refractivity (Wildman–Crippen MR) is 63.5 cm³/mol. The third kappa shape index (κ3) is 1.06. The molecule has 0 aromatic carbocycles. The fraction of sp³-hybridized carbons (Fsp3) is 0.571. The van der Waals surface area contributed by atoms with Gasteiger partial charge in [0.15, 0.2) is 0 Å². The summed E-state index contributed by atoms with van der Waals surface area (Å²) in [5, 5.41) is 0. The highest BCUT2D eigenvalue weighted by molar-refractivity contribution is 5.91. The van der Waals surface area contributed by atoms with E-state index in [1.165, 1.54) is 0 Å². The average molecular weight is 248 g/mol. The number of rotatable bonds is 0. The monoisotopic (exact) mass is 248 g/mol. The van der Waals surface area contributed by atoms with Gasteiger partial charge >= 0.3 is 11.9 Å². The summed E-state index contributed by atoms with van der Waals surface area (Å²) >= 11 is 0. The molecule has 0 radical (unpaired) electrons. The third-order valence-corrected chi connectivity index (χ3v) is 4.76. The van der Waals surface area contributed by atoms with Crippen LogP contribution in [0, 0.1) is 10.8 Å². The van der Waals surface area contributed by atoms with Crippen LogP contribution in [0.3, 0.4) is 0 Å². The van der Waals surface area contributed by atoms with Crippen LogP contribution in [0.1, 0.15) is 27.7 Å². The molecule has 1 saturated carbocycles. The smallest absolute Gasteiger partial charge is 0.333 e. The molecule has 1 aliphatic carbocycles. The highest BCUT2D eigenvalue weighted by atomic mass is 16.6. The Kier molecular flexibility index (Phi) is 1.95. The van der Waals surface area contributed by atoms with Gasteiger partial charge in [-0.2, -0.15) is 0 Å². The molecule has 4 nitrogen and oxygen atoms in total. The molecule has 0 bridgehead atoms. The molecule has 96 valence electrons. The standard InChI is InChI=1S/C14H16O4/c1-7-5-13(3)9(17-11(7)15)10-14(13,4)6-8(2)12(16)18-10/h5-6,9-10H,1-4H3/t9-,10-,13-,14+/m1/s1. The maximum Gasteiger partial charge on any atom is 0.333 e. The van der Waals surface area contributed by atoms with Crippen LogP contribution in [-0.4, -0.2) is 24.1 Å². The van der Waals surface area contributed by atoms with Crippen molar-refractivity contribution >= 4 is 11.9 Å². The number of fused-ring (bicyclic) bond motifs is 4. The van der Waals surface area contributed by atoms with Crippen molar-refractivity contribution < 1.29 is 19.1 Å². The molecule has 4 heteroatoms. The molecule has 3 rings (SSSR count). The van der Waals surface area contributed by atoms with Crippen LogP contribution in [0.25, 0.3) is 0 Å². The van der Waals surface area contributed by atoms with Gasteiger partial charge in [0.25, 0.3) is 0 Å². The lowest BCUT2D eigenvalue weighted by Crippen LogP contribution is -2.73. The van der Waals surface area contributed by atoms with E-state index in [-0.39, 0.29) is 35.0 Å². The summed E-state index contributed by atoms with van der Waals surface area (Å²) in [6.45, 7) is 7.61. The first kappa shape index (κ1) is 11.5. The first-order valence-corrected chi connectivity index (χ1v) is 6.10. The van der Waals surface area contributed by atoms with Crippen LogP contribution in [-0.2, 0) is 19.1 Å². The van der Waals surface area contributed by atoms with Crippen LogP contribution in [0.4, 0.5) is 0 Å². The Balaban J connectivity index is 2.12. The Morgan fingerprint density at radius 3 is 1.56 bits per heavy atom. The van der Waals surface area contributed by atoms with Crippen molar-refractivity contribution in [1.82, 2.24) is 0 Å². The van der Waals surface area contributed by atoms with Crippen LogP contribution < -0.4 is 0 Å². The van der Waals surface area contributed by atoms with Crippen LogP contribution in [0.5, 0.6) is 0 Å². The molecule has 0 unspecified atom stereocenters. The zero-order valence-electron chi connectivity index (χ0n) is 10.9. The van der Waals surface area contributed by atoms with E-state index in [9.17, 15) is 9.59 Å². The van der Waals surface area contributed by atoms with E-state index in [1.807, 2.05) is 26.0 Å². The Hall–Kier alpha value is -1.58. The lowest BCUT2D eigenvalue weighted by Gasteiger charge is -2.64. The number of hydrogen-bond donors (Lipinski definition) is 0. The summed E-state index contributed by atoms with van der Waals surface area (Å²) in [6, 6.07) is 0. The summed E-state index contributed by atoms with van der Waals surface area (Å²) < 4.78 is 10.8. The Bertz CT molecular complexity index is 482. The largest absolute Gasteiger partial charge is 0.454 e. The van der Waals surface area contributed by atoms with Gasteiger partial charge in [0.05, 0.1) is 0 Å². The normalized spacial score (nSPS) is 45.8. The Labute approximate surface area is 106 Å². The molecule has 4 atom stereocenters. The summed E-state index contributed by atoms with van der Waals surface area (Å²) in [5.74, 6) is -0.635. The van der Waals surface area contributed by atoms with Crippen LogP contribution in [0.15, 0.2) is 23.3 Å². The molecule has 1 fully saturated rings. The van der Waals surface area contributed by atoms with E-state index < -0.39 is 0 Å². The SMILES string of the molecule is CC1=C[C@@]2(C)[C@H](OC1=O)[C@H]1OC(=O)C(C)=C[C@]12C. The van der Waals surface area contributed by atoms with Gasteiger partial charge in [0.2, 0.25) is 0 Å². The second-order valence-corrected chi connectivity index (χ2v) is 5.87. The van der Waals surface area contributed by atoms with Crippen molar-refractivity contribution in [2.24, 2.45) is 10.8 Å². The summed E-state index contributed by atoms with van der Waals surface area (Å²) in [4.78, 5) is 23.2. The summed E-state index contributed by atoms with van der Waals surface area (Å²) in [6.07, 6.45) is 3.19. The van der Waals surface area contributed by atoms with Gasteiger partial charge in [-0.05, 0) is 13.8 Å². The molecule has 0 aromatic rings. The quantitative estimate of drug-likeness (QED) is 0.613. The minimum Gasteiger partial charge on any atom is -0.454 e. The van der Waals surface area contributed by atoms with Gasteiger partial charge in [-0.25, -0.2) is 9.59 Å². The minimum absolute atomic E-state index is 0.294.